The van der Waals surface area contributed by atoms with Crippen molar-refractivity contribution >= 4 is 23.2 Å². The minimum atomic E-state index is -0.0719. The van der Waals surface area contributed by atoms with Gasteiger partial charge in [0.1, 0.15) is 6.61 Å². The second-order valence-corrected chi connectivity index (χ2v) is 8.57. The van der Waals surface area contributed by atoms with Crippen molar-refractivity contribution in [1.82, 2.24) is 4.90 Å². The van der Waals surface area contributed by atoms with Crippen molar-refractivity contribution in [2.45, 2.75) is 53.6 Å². The van der Waals surface area contributed by atoms with Crippen LogP contribution in [0.5, 0.6) is 0 Å². The van der Waals surface area contributed by atoms with E-state index in [1.54, 1.807) is 4.90 Å². The minimum Gasteiger partial charge on any atom is -0.377 e. The molecule has 0 heterocycles. The summed E-state index contributed by atoms with van der Waals surface area (Å²) in [6.45, 7) is 10.6. The molecule has 0 atom stereocenters. The topological polar surface area (TPSA) is 61.9 Å². The Labute approximate surface area is 163 Å². The number of hydrogen-bond donors (Lipinski definition) is 1. The molecule has 0 bridgehead atoms. The molecular formula is C21H35N3O3. The third kappa shape index (κ3) is 7.59. The van der Waals surface area contributed by atoms with E-state index in [9.17, 15) is 9.59 Å². The fraction of sp³-hybridized carbons (Fsp3) is 0.619. The van der Waals surface area contributed by atoms with Crippen LogP contribution in [0, 0.1) is 5.41 Å². The maximum Gasteiger partial charge on any atom is 0.249 e. The fourth-order valence-electron chi connectivity index (χ4n) is 2.86. The molecule has 0 aliphatic carbocycles. The highest BCUT2D eigenvalue weighted by atomic mass is 16.5. The summed E-state index contributed by atoms with van der Waals surface area (Å²) in [7, 11) is 5.45. The molecule has 0 aliphatic heterocycles. The summed E-state index contributed by atoms with van der Waals surface area (Å²) < 4.78 is 5.01. The van der Waals surface area contributed by atoms with Crippen molar-refractivity contribution in [2.75, 3.05) is 38.0 Å². The number of carbonyl (C=O) groups excluding carboxylic acids is 2. The number of methoxy groups -OCH3 is 1. The molecule has 1 N–H and O–H groups in total. The van der Waals surface area contributed by atoms with Crippen LogP contribution in [-0.4, -0.2) is 50.6 Å². The normalized spacial score (nSPS) is 11.4. The lowest BCUT2D eigenvalue weighted by Gasteiger charge is -2.29. The Bertz CT molecular complexity index is 649. The van der Waals surface area contributed by atoms with Crippen molar-refractivity contribution in [3.8, 4) is 0 Å². The standard InChI is InChI=1S/C21H35N3O3/c1-15(2)24(20(26)14-27-8)13-16-11-17(9-10-18(16)23(6)7)22-19(25)12-21(3,4)5/h9-11,15H,12-14H2,1-8H3,(H,22,25). The SMILES string of the molecule is COCC(=O)N(Cc1cc(NC(=O)CC(C)(C)C)ccc1N(C)C)C(C)C. The van der Waals surface area contributed by atoms with E-state index in [1.165, 1.54) is 7.11 Å². The molecule has 6 heteroatoms. The van der Waals surface area contributed by atoms with E-state index in [0.717, 1.165) is 16.9 Å². The number of carbonyl (C=O) groups is 2. The van der Waals surface area contributed by atoms with Crippen LogP contribution in [0.2, 0.25) is 0 Å². The van der Waals surface area contributed by atoms with Gasteiger partial charge in [-0.1, -0.05) is 20.8 Å². The van der Waals surface area contributed by atoms with Gasteiger partial charge in [0, 0.05) is 51.6 Å². The van der Waals surface area contributed by atoms with Gasteiger partial charge >= 0.3 is 0 Å². The first kappa shape index (κ1) is 23.0. The molecule has 0 radical (unpaired) electrons. The third-order valence-corrected chi connectivity index (χ3v) is 4.09. The van der Waals surface area contributed by atoms with Crippen LogP contribution in [0.3, 0.4) is 0 Å². The van der Waals surface area contributed by atoms with Crippen LogP contribution in [-0.2, 0) is 20.9 Å². The first-order chi connectivity index (χ1) is 12.4. The summed E-state index contributed by atoms with van der Waals surface area (Å²) in [5.41, 5.74) is 2.66. The molecule has 0 spiro atoms. The molecule has 0 saturated heterocycles. The Kier molecular flexibility index (Phi) is 8.28. The van der Waals surface area contributed by atoms with Gasteiger partial charge in [0.25, 0.3) is 0 Å². The Morgan fingerprint density at radius 1 is 1.19 bits per heavy atom. The molecule has 0 unspecified atom stereocenters. The number of hydrogen-bond acceptors (Lipinski definition) is 4. The van der Waals surface area contributed by atoms with Gasteiger partial charge in [0.2, 0.25) is 11.8 Å². The van der Waals surface area contributed by atoms with Crippen molar-refractivity contribution < 1.29 is 14.3 Å². The fourth-order valence-corrected chi connectivity index (χ4v) is 2.86. The summed E-state index contributed by atoms with van der Waals surface area (Å²) in [6.07, 6.45) is 0.447. The van der Waals surface area contributed by atoms with E-state index in [0.29, 0.717) is 13.0 Å². The number of anilines is 2. The highest BCUT2D eigenvalue weighted by Gasteiger charge is 2.20. The maximum atomic E-state index is 12.4. The highest BCUT2D eigenvalue weighted by molar-refractivity contribution is 5.91. The number of ether oxygens (including phenoxy) is 1. The van der Waals surface area contributed by atoms with Crippen LogP contribution in [0.25, 0.3) is 0 Å². The summed E-state index contributed by atoms with van der Waals surface area (Å²) in [5.74, 6) is -0.0680. The van der Waals surface area contributed by atoms with Gasteiger partial charge in [0.05, 0.1) is 0 Å². The van der Waals surface area contributed by atoms with Gasteiger partial charge in [-0.3, -0.25) is 9.59 Å². The van der Waals surface area contributed by atoms with Crippen LogP contribution in [0.1, 0.15) is 46.6 Å². The molecule has 6 nitrogen and oxygen atoms in total. The smallest absolute Gasteiger partial charge is 0.249 e. The maximum absolute atomic E-state index is 12.4. The molecule has 2 amide bonds. The molecule has 0 saturated carbocycles. The monoisotopic (exact) mass is 377 g/mol. The van der Waals surface area contributed by atoms with Gasteiger partial charge < -0.3 is 19.9 Å². The zero-order valence-corrected chi connectivity index (χ0v) is 18.0. The summed E-state index contributed by atoms with van der Waals surface area (Å²) >= 11 is 0. The molecule has 1 aromatic rings. The lowest BCUT2D eigenvalue weighted by molar-refractivity contribution is -0.137. The van der Waals surface area contributed by atoms with Gasteiger partial charge in [-0.2, -0.15) is 0 Å². The largest absolute Gasteiger partial charge is 0.377 e. The van der Waals surface area contributed by atoms with E-state index >= 15 is 0 Å². The summed E-state index contributed by atoms with van der Waals surface area (Å²) in [4.78, 5) is 28.5. The van der Waals surface area contributed by atoms with Gasteiger partial charge in [0.15, 0.2) is 0 Å². The average molecular weight is 378 g/mol. The molecule has 1 aromatic carbocycles. The van der Waals surface area contributed by atoms with Crippen LogP contribution < -0.4 is 10.2 Å². The zero-order chi connectivity index (χ0) is 20.8. The number of benzene rings is 1. The number of rotatable bonds is 8. The van der Waals surface area contributed by atoms with Crippen molar-refractivity contribution in [1.29, 1.82) is 0 Å². The van der Waals surface area contributed by atoms with E-state index in [1.807, 2.05) is 71.8 Å². The van der Waals surface area contributed by atoms with Crippen LogP contribution in [0.4, 0.5) is 11.4 Å². The first-order valence-corrected chi connectivity index (χ1v) is 9.33. The second-order valence-electron chi connectivity index (χ2n) is 8.57. The van der Waals surface area contributed by atoms with Crippen LogP contribution >= 0.6 is 0 Å². The van der Waals surface area contributed by atoms with Gasteiger partial charge in [-0.15, -0.1) is 0 Å². The average Bonchev–Trinajstić information content (AvgIpc) is 2.50. The molecule has 152 valence electrons. The number of nitrogens with zero attached hydrogens (tertiary/aromatic N) is 2. The molecule has 1 rings (SSSR count). The van der Waals surface area contributed by atoms with Crippen molar-refractivity contribution in [3.63, 3.8) is 0 Å². The third-order valence-electron chi connectivity index (χ3n) is 4.09. The highest BCUT2D eigenvalue weighted by Crippen LogP contribution is 2.26. The summed E-state index contributed by atoms with van der Waals surface area (Å²) in [6, 6.07) is 5.87. The molecule has 0 fully saturated rings. The van der Waals surface area contributed by atoms with Crippen LogP contribution in [0.15, 0.2) is 18.2 Å². The predicted octanol–water partition coefficient (Wildman–Crippen LogP) is 3.51. The Hall–Kier alpha value is -2.08. The lowest BCUT2D eigenvalue weighted by atomic mass is 9.92. The minimum absolute atomic E-state index is 0.0118. The van der Waals surface area contributed by atoms with E-state index in [4.69, 9.17) is 4.74 Å². The number of amides is 2. The molecule has 27 heavy (non-hydrogen) atoms. The van der Waals surface area contributed by atoms with E-state index < -0.39 is 0 Å². The Morgan fingerprint density at radius 3 is 2.30 bits per heavy atom. The lowest BCUT2D eigenvalue weighted by Crippen LogP contribution is -2.39. The van der Waals surface area contributed by atoms with Crippen molar-refractivity contribution in [3.05, 3.63) is 23.8 Å². The first-order valence-electron chi connectivity index (χ1n) is 9.33. The zero-order valence-electron chi connectivity index (χ0n) is 18.0. The second kappa shape index (κ2) is 9.74. The van der Waals surface area contributed by atoms with Gasteiger partial charge in [-0.05, 0) is 43.0 Å². The van der Waals surface area contributed by atoms with Gasteiger partial charge in [-0.25, -0.2) is 0 Å². The van der Waals surface area contributed by atoms with Crippen molar-refractivity contribution in [2.24, 2.45) is 5.41 Å². The molecular weight excluding hydrogens is 342 g/mol. The predicted molar refractivity (Wildman–Crippen MR) is 111 cm³/mol. The Morgan fingerprint density at radius 2 is 1.81 bits per heavy atom. The molecule has 0 aromatic heterocycles. The number of nitrogens with one attached hydrogen (secondary N) is 1. The summed E-state index contributed by atoms with van der Waals surface area (Å²) in [5, 5.41) is 2.98. The molecule has 0 aliphatic rings. The quantitative estimate of drug-likeness (QED) is 0.753. The Balaban J connectivity index is 3.11. The van der Waals surface area contributed by atoms with E-state index in [2.05, 4.69) is 5.32 Å². The van der Waals surface area contributed by atoms with E-state index in [-0.39, 0.29) is 29.9 Å².